The lowest BCUT2D eigenvalue weighted by Gasteiger charge is -2.29. The highest BCUT2D eigenvalue weighted by Crippen LogP contribution is 2.24. The number of ether oxygens (including phenoxy) is 1. The standard InChI is InChI=1S/C15H21NO.C9H10O.C6H13NO/c1-3-6-13-7-4-5-8-15(13)17-14-9-11-16(2)12-10-14;1-2-5-8-6-3-4-7-9(8)10;1-7-4-2-6(8)3-5-7/h3-8,14H,9-12H2,1-2H3;2-7,10H,1H3;6,8H,2-5H2,1H3/b6-3+;5-2+;. The molecular formula is C30H44N2O3. The van der Waals surface area contributed by atoms with E-state index in [2.05, 4.69) is 54.2 Å². The maximum Gasteiger partial charge on any atom is 0.126 e. The van der Waals surface area contributed by atoms with Crippen LogP contribution in [0, 0.1) is 0 Å². The molecule has 5 nitrogen and oxygen atoms in total. The van der Waals surface area contributed by atoms with Gasteiger partial charge in [-0.3, -0.25) is 0 Å². The van der Waals surface area contributed by atoms with Crippen LogP contribution in [0.1, 0.15) is 50.7 Å². The van der Waals surface area contributed by atoms with Gasteiger partial charge in [-0.15, -0.1) is 0 Å². The van der Waals surface area contributed by atoms with E-state index in [1.807, 2.05) is 50.3 Å². The van der Waals surface area contributed by atoms with Crippen molar-refractivity contribution in [3.63, 3.8) is 0 Å². The molecule has 0 spiro atoms. The topological polar surface area (TPSA) is 56.2 Å². The molecule has 0 atom stereocenters. The van der Waals surface area contributed by atoms with Crippen molar-refractivity contribution < 1.29 is 14.9 Å². The van der Waals surface area contributed by atoms with Crippen LogP contribution in [0.15, 0.2) is 60.7 Å². The van der Waals surface area contributed by atoms with Crippen LogP contribution >= 0.6 is 0 Å². The second kappa shape index (κ2) is 16.1. The number of aliphatic hydroxyl groups excluding tert-OH is 1. The van der Waals surface area contributed by atoms with Crippen molar-refractivity contribution in [3.05, 3.63) is 71.8 Å². The quantitative estimate of drug-likeness (QED) is 0.589. The molecule has 0 bridgehead atoms. The minimum Gasteiger partial charge on any atom is -0.507 e. The smallest absolute Gasteiger partial charge is 0.126 e. The molecule has 2 fully saturated rings. The summed E-state index contributed by atoms with van der Waals surface area (Å²) < 4.78 is 6.11. The molecule has 2 saturated heterocycles. The van der Waals surface area contributed by atoms with Crippen molar-refractivity contribution in [1.29, 1.82) is 0 Å². The van der Waals surface area contributed by atoms with Crippen LogP contribution in [0.3, 0.4) is 0 Å². The molecule has 0 unspecified atom stereocenters. The molecule has 2 aliphatic rings. The largest absolute Gasteiger partial charge is 0.507 e. The number of phenols is 1. The monoisotopic (exact) mass is 480 g/mol. The predicted octanol–water partition coefficient (Wildman–Crippen LogP) is 5.69. The normalized spacial score (nSPS) is 18.1. The third-order valence-electron chi connectivity index (χ3n) is 6.20. The summed E-state index contributed by atoms with van der Waals surface area (Å²) in [5.41, 5.74) is 2.04. The maximum atomic E-state index is 9.19. The van der Waals surface area contributed by atoms with Crippen LogP contribution in [0.25, 0.3) is 12.2 Å². The van der Waals surface area contributed by atoms with Gasteiger partial charge in [0.2, 0.25) is 0 Å². The number of phenolic OH excluding ortho intramolecular Hbond substituents is 1. The van der Waals surface area contributed by atoms with Gasteiger partial charge in [0.15, 0.2) is 0 Å². The third-order valence-corrected chi connectivity index (χ3v) is 6.20. The summed E-state index contributed by atoms with van der Waals surface area (Å²) >= 11 is 0. The van der Waals surface area contributed by atoms with E-state index < -0.39 is 0 Å². The number of piperidine rings is 2. The molecule has 5 heteroatoms. The van der Waals surface area contributed by atoms with Crippen LogP contribution in [0.2, 0.25) is 0 Å². The van der Waals surface area contributed by atoms with E-state index in [9.17, 15) is 5.11 Å². The molecule has 0 radical (unpaired) electrons. The first-order valence-electron chi connectivity index (χ1n) is 12.8. The third kappa shape index (κ3) is 11.1. The number of hydrogen-bond donors (Lipinski definition) is 2. The van der Waals surface area contributed by atoms with E-state index in [4.69, 9.17) is 9.84 Å². The average Bonchev–Trinajstić information content (AvgIpc) is 2.86. The molecule has 0 aromatic heterocycles. The summed E-state index contributed by atoms with van der Waals surface area (Å²) in [6.07, 6.45) is 12.4. The molecular weight excluding hydrogens is 436 g/mol. The van der Waals surface area contributed by atoms with E-state index >= 15 is 0 Å². The highest BCUT2D eigenvalue weighted by molar-refractivity contribution is 5.57. The molecule has 2 aliphatic heterocycles. The van der Waals surface area contributed by atoms with E-state index in [0.29, 0.717) is 11.9 Å². The minimum absolute atomic E-state index is 0.0220. The lowest BCUT2D eigenvalue weighted by Crippen LogP contribution is -2.35. The fourth-order valence-corrected chi connectivity index (χ4v) is 3.99. The fourth-order valence-electron chi connectivity index (χ4n) is 3.99. The Labute approximate surface area is 212 Å². The van der Waals surface area contributed by atoms with Crippen LogP contribution in [-0.4, -0.2) is 72.5 Å². The molecule has 0 amide bonds. The lowest BCUT2D eigenvalue weighted by atomic mass is 10.1. The van der Waals surface area contributed by atoms with Crippen molar-refractivity contribution in [2.24, 2.45) is 0 Å². The fraction of sp³-hybridized carbons (Fsp3) is 0.467. The molecule has 0 saturated carbocycles. The Kier molecular flexibility index (Phi) is 13.2. The van der Waals surface area contributed by atoms with Gasteiger partial charge in [0.05, 0.1) is 6.10 Å². The van der Waals surface area contributed by atoms with Gasteiger partial charge in [0.25, 0.3) is 0 Å². The van der Waals surface area contributed by atoms with E-state index in [1.54, 1.807) is 6.07 Å². The lowest BCUT2D eigenvalue weighted by molar-refractivity contribution is 0.0942. The van der Waals surface area contributed by atoms with Crippen LogP contribution in [0.5, 0.6) is 11.5 Å². The highest BCUT2D eigenvalue weighted by atomic mass is 16.5. The Morgan fingerprint density at radius 1 is 0.743 bits per heavy atom. The predicted molar refractivity (Wildman–Crippen MR) is 148 cm³/mol. The van der Waals surface area contributed by atoms with Crippen molar-refractivity contribution in [3.8, 4) is 11.5 Å². The Balaban J connectivity index is 0.000000204. The number of allylic oxidation sites excluding steroid dienone is 2. The number of benzene rings is 2. The zero-order chi connectivity index (χ0) is 25.5. The first-order chi connectivity index (χ1) is 16.9. The summed E-state index contributed by atoms with van der Waals surface area (Å²) in [5.74, 6) is 1.35. The highest BCUT2D eigenvalue weighted by Gasteiger charge is 2.18. The Bertz CT molecular complexity index is 886. The molecule has 2 aromatic carbocycles. The van der Waals surface area contributed by atoms with E-state index in [1.165, 1.54) is 5.56 Å². The number of likely N-dealkylation sites (tertiary alicyclic amines) is 2. The Morgan fingerprint density at radius 3 is 1.77 bits per heavy atom. The average molecular weight is 481 g/mol. The van der Waals surface area contributed by atoms with Crippen LogP contribution in [0.4, 0.5) is 0 Å². The first-order valence-corrected chi connectivity index (χ1v) is 12.8. The summed E-state index contributed by atoms with van der Waals surface area (Å²) in [6, 6.07) is 15.5. The minimum atomic E-state index is -0.0220. The van der Waals surface area contributed by atoms with Crippen molar-refractivity contribution >= 4 is 12.2 Å². The van der Waals surface area contributed by atoms with E-state index in [0.717, 1.165) is 63.2 Å². The van der Waals surface area contributed by atoms with E-state index in [-0.39, 0.29) is 6.10 Å². The Morgan fingerprint density at radius 2 is 1.23 bits per heavy atom. The van der Waals surface area contributed by atoms with Crippen molar-refractivity contribution in [2.75, 3.05) is 40.3 Å². The maximum absolute atomic E-state index is 9.19. The van der Waals surface area contributed by atoms with Gasteiger partial charge < -0.3 is 24.7 Å². The molecule has 2 N–H and O–H groups in total. The number of hydrogen-bond acceptors (Lipinski definition) is 5. The summed E-state index contributed by atoms with van der Waals surface area (Å²) in [5, 5.41) is 18.2. The van der Waals surface area contributed by atoms with Crippen molar-refractivity contribution in [2.45, 2.75) is 51.7 Å². The SMILES string of the molecule is C/C=C/c1ccccc1O.C/C=C/c1ccccc1OC1CCN(C)CC1.CN1CCC(O)CC1. The molecule has 2 aromatic rings. The van der Waals surface area contributed by atoms with Crippen LogP contribution < -0.4 is 4.74 Å². The van der Waals surface area contributed by atoms with Gasteiger partial charge in [0, 0.05) is 37.3 Å². The molecule has 35 heavy (non-hydrogen) atoms. The second-order valence-electron chi connectivity index (χ2n) is 9.25. The number of nitrogens with zero attached hydrogens (tertiary/aromatic N) is 2. The first kappa shape index (κ1) is 28.6. The number of aromatic hydroxyl groups is 1. The molecule has 192 valence electrons. The molecule has 0 aliphatic carbocycles. The Hall–Kier alpha value is -2.60. The zero-order valence-electron chi connectivity index (χ0n) is 21.9. The summed E-state index contributed by atoms with van der Waals surface area (Å²) in [7, 11) is 4.26. The van der Waals surface area contributed by atoms with Gasteiger partial charge in [-0.25, -0.2) is 0 Å². The number of para-hydroxylation sites is 2. The van der Waals surface area contributed by atoms with Gasteiger partial charge in [-0.05, 0) is 65.8 Å². The van der Waals surface area contributed by atoms with Gasteiger partial charge in [-0.1, -0.05) is 60.7 Å². The molecule has 4 rings (SSSR count). The number of rotatable bonds is 4. The number of aliphatic hydroxyl groups is 1. The molecule has 2 heterocycles. The zero-order valence-corrected chi connectivity index (χ0v) is 21.9. The van der Waals surface area contributed by atoms with Crippen molar-refractivity contribution in [1.82, 2.24) is 9.80 Å². The van der Waals surface area contributed by atoms with Crippen LogP contribution in [-0.2, 0) is 0 Å². The second-order valence-corrected chi connectivity index (χ2v) is 9.25. The summed E-state index contributed by atoms with van der Waals surface area (Å²) in [4.78, 5) is 4.60. The van der Waals surface area contributed by atoms with Gasteiger partial charge in [0.1, 0.15) is 17.6 Å². The van der Waals surface area contributed by atoms with Gasteiger partial charge >= 0.3 is 0 Å². The van der Waals surface area contributed by atoms with Gasteiger partial charge in [-0.2, -0.15) is 0 Å². The summed E-state index contributed by atoms with van der Waals surface area (Å²) in [6.45, 7) is 8.34.